The second kappa shape index (κ2) is 5.13. The summed E-state index contributed by atoms with van der Waals surface area (Å²) in [5.74, 6) is -1.74. The summed E-state index contributed by atoms with van der Waals surface area (Å²) in [6, 6.07) is 3.65. The molecule has 77 valence electrons. The molecule has 0 spiro atoms. The average Bonchev–Trinajstić information content (AvgIpc) is 2.57. The summed E-state index contributed by atoms with van der Waals surface area (Å²) < 4.78 is 25.4. The quantitative estimate of drug-likeness (QED) is 0.725. The van der Waals surface area contributed by atoms with Gasteiger partial charge in [0, 0.05) is 50.8 Å². The molecule has 1 radical (unpaired) electrons. The van der Waals surface area contributed by atoms with Crippen LogP contribution in [0.2, 0.25) is 0 Å². The number of halogens is 2. The first-order chi connectivity index (χ1) is 6.66. The Hall–Kier alpha value is -0.346. The molecule has 1 aliphatic heterocycles. The van der Waals surface area contributed by atoms with Crippen LogP contribution in [0, 0.1) is 18.6 Å². The van der Waals surface area contributed by atoms with Crippen molar-refractivity contribution in [1.82, 2.24) is 0 Å². The third-order valence-electron chi connectivity index (χ3n) is 1.99. The molecule has 1 aliphatic rings. The molecule has 15 heavy (non-hydrogen) atoms. The smallest absolute Gasteiger partial charge is 0.159 e. The Balaban J connectivity index is 0.00000112. The Labute approximate surface area is 112 Å². The van der Waals surface area contributed by atoms with Crippen LogP contribution in [-0.4, -0.2) is 11.8 Å². The monoisotopic (exact) mass is 285 g/mol. The maximum atomic E-state index is 12.8. The average molecular weight is 285 g/mol. The number of benzene rings is 1. The zero-order valence-electron chi connectivity index (χ0n) is 7.91. The SMILES string of the molecule is [CH2-]C1CC(c2ccc(F)c(F)c2)=NO1.[Y]. The molecule has 0 aliphatic carbocycles. The predicted octanol–water partition coefficient (Wildman–Crippen LogP) is 2.29. The van der Waals surface area contributed by atoms with Crippen LogP contribution in [-0.2, 0) is 37.5 Å². The molecule has 0 fully saturated rings. The van der Waals surface area contributed by atoms with E-state index >= 15 is 0 Å². The van der Waals surface area contributed by atoms with Gasteiger partial charge in [-0.25, -0.2) is 8.78 Å². The minimum atomic E-state index is -0.877. The van der Waals surface area contributed by atoms with Gasteiger partial charge in [0.2, 0.25) is 0 Å². The van der Waals surface area contributed by atoms with Crippen LogP contribution in [0.15, 0.2) is 23.4 Å². The molecule has 1 aromatic rings. The molecule has 0 N–H and O–H groups in total. The van der Waals surface area contributed by atoms with Crippen molar-refractivity contribution < 1.29 is 46.3 Å². The Morgan fingerprint density at radius 1 is 1.33 bits per heavy atom. The van der Waals surface area contributed by atoms with E-state index in [-0.39, 0.29) is 38.8 Å². The van der Waals surface area contributed by atoms with Crippen molar-refractivity contribution in [2.24, 2.45) is 5.16 Å². The van der Waals surface area contributed by atoms with Crippen molar-refractivity contribution in [1.29, 1.82) is 0 Å². The van der Waals surface area contributed by atoms with Gasteiger partial charge < -0.3 is 11.8 Å². The molecule has 0 saturated carbocycles. The third-order valence-corrected chi connectivity index (χ3v) is 1.99. The predicted molar refractivity (Wildman–Crippen MR) is 47.7 cm³/mol. The summed E-state index contributed by atoms with van der Waals surface area (Å²) in [6.07, 6.45) is 0.281. The largest absolute Gasteiger partial charge is 0.425 e. The van der Waals surface area contributed by atoms with Crippen molar-refractivity contribution in [2.45, 2.75) is 12.5 Å². The fourth-order valence-corrected chi connectivity index (χ4v) is 1.27. The van der Waals surface area contributed by atoms with Gasteiger partial charge in [-0.3, -0.25) is 0 Å². The number of hydrogen-bond donors (Lipinski definition) is 0. The first-order valence-electron chi connectivity index (χ1n) is 4.18. The number of oxime groups is 1. The third kappa shape index (κ3) is 2.82. The summed E-state index contributed by atoms with van der Waals surface area (Å²) >= 11 is 0. The van der Waals surface area contributed by atoms with Gasteiger partial charge in [-0.2, -0.15) is 0 Å². The van der Waals surface area contributed by atoms with Crippen LogP contribution in [0.4, 0.5) is 8.78 Å². The standard InChI is InChI=1S/C10H8F2NO.Y/c1-6-4-10(13-14-6)7-2-3-8(11)9(12)5-7;/h2-3,5-6H,1,4H2;/q-1;. The molecule has 0 saturated heterocycles. The van der Waals surface area contributed by atoms with Gasteiger partial charge in [0.05, 0.1) is 5.71 Å². The molecule has 0 bridgehead atoms. The summed E-state index contributed by atoms with van der Waals surface area (Å²) in [6.45, 7) is 3.65. The van der Waals surface area contributed by atoms with E-state index < -0.39 is 11.6 Å². The van der Waals surface area contributed by atoms with Crippen molar-refractivity contribution in [3.8, 4) is 0 Å². The summed E-state index contributed by atoms with van der Waals surface area (Å²) in [4.78, 5) is 4.85. The van der Waals surface area contributed by atoms with Crippen LogP contribution < -0.4 is 0 Å². The topological polar surface area (TPSA) is 21.6 Å². The van der Waals surface area contributed by atoms with Crippen LogP contribution in [0.1, 0.15) is 12.0 Å². The molecule has 1 heterocycles. The van der Waals surface area contributed by atoms with Crippen molar-refractivity contribution in [3.63, 3.8) is 0 Å². The second-order valence-electron chi connectivity index (χ2n) is 3.10. The van der Waals surface area contributed by atoms with E-state index in [0.717, 1.165) is 12.1 Å². The minimum Gasteiger partial charge on any atom is -0.425 e. The summed E-state index contributed by atoms with van der Waals surface area (Å²) in [5.41, 5.74) is 1.14. The van der Waals surface area contributed by atoms with Gasteiger partial charge in [0.15, 0.2) is 11.6 Å². The van der Waals surface area contributed by atoms with E-state index in [1.807, 2.05) is 0 Å². The zero-order valence-corrected chi connectivity index (χ0v) is 10.8. The van der Waals surface area contributed by atoms with Crippen LogP contribution in [0.3, 0.4) is 0 Å². The van der Waals surface area contributed by atoms with E-state index in [0.29, 0.717) is 17.7 Å². The minimum absolute atomic E-state index is 0. The molecular weight excluding hydrogens is 277 g/mol. The molecule has 0 aromatic heterocycles. The van der Waals surface area contributed by atoms with E-state index in [1.165, 1.54) is 6.07 Å². The Morgan fingerprint density at radius 2 is 2.07 bits per heavy atom. The van der Waals surface area contributed by atoms with Gasteiger partial charge in [0.25, 0.3) is 0 Å². The molecular formula is C10H8F2NOY-. The Bertz CT molecular complexity index is 395. The zero-order chi connectivity index (χ0) is 10.1. The van der Waals surface area contributed by atoms with Crippen molar-refractivity contribution in [3.05, 3.63) is 42.3 Å². The van der Waals surface area contributed by atoms with E-state index in [1.54, 1.807) is 0 Å². The van der Waals surface area contributed by atoms with Gasteiger partial charge in [-0.05, 0) is 18.2 Å². The van der Waals surface area contributed by atoms with Gasteiger partial charge >= 0.3 is 0 Å². The fraction of sp³-hybridized carbons (Fsp3) is 0.200. The molecule has 2 rings (SSSR count). The van der Waals surface area contributed by atoms with Crippen molar-refractivity contribution >= 4 is 5.71 Å². The first-order valence-corrected chi connectivity index (χ1v) is 4.18. The fourth-order valence-electron chi connectivity index (χ4n) is 1.27. The number of hydrogen-bond acceptors (Lipinski definition) is 2. The summed E-state index contributed by atoms with van der Waals surface area (Å²) in [7, 11) is 0. The molecule has 1 atom stereocenters. The van der Waals surface area contributed by atoms with Crippen molar-refractivity contribution in [2.75, 3.05) is 0 Å². The van der Waals surface area contributed by atoms with Crippen LogP contribution in [0.5, 0.6) is 0 Å². The normalized spacial score (nSPS) is 19.1. The molecule has 1 aromatic carbocycles. The second-order valence-corrected chi connectivity index (χ2v) is 3.10. The number of nitrogens with zero attached hydrogens (tertiary/aromatic N) is 1. The Kier molecular flexibility index (Phi) is 4.35. The molecule has 1 unspecified atom stereocenters. The van der Waals surface area contributed by atoms with E-state index in [2.05, 4.69) is 12.1 Å². The summed E-state index contributed by atoms with van der Waals surface area (Å²) in [5, 5.41) is 3.72. The van der Waals surface area contributed by atoms with Crippen LogP contribution >= 0.6 is 0 Å². The maximum absolute atomic E-state index is 12.8. The van der Waals surface area contributed by atoms with Crippen LogP contribution in [0.25, 0.3) is 0 Å². The van der Waals surface area contributed by atoms with E-state index in [9.17, 15) is 8.78 Å². The van der Waals surface area contributed by atoms with E-state index in [4.69, 9.17) is 4.84 Å². The Morgan fingerprint density at radius 3 is 2.60 bits per heavy atom. The molecule has 5 heteroatoms. The molecule has 0 amide bonds. The first kappa shape index (κ1) is 12.7. The van der Waals surface area contributed by atoms with Gasteiger partial charge in [-0.15, -0.1) is 0 Å². The maximum Gasteiger partial charge on any atom is 0.159 e. The van der Waals surface area contributed by atoms with Gasteiger partial charge in [0.1, 0.15) is 0 Å². The number of rotatable bonds is 1. The molecule has 2 nitrogen and oxygen atoms in total. The van der Waals surface area contributed by atoms with Gasteiger partial charge in [-0.1, -0.05) is 5.16 Å².